The lowest BCUT2D eigenvalue weighted by Crippen LogP contribution is -2.42. The summed E-state index contributed by atoms with van der Waals surface area (Å²) < 4.78 is 40.1. The summed E-state index contributed by atoms with van der Waals surface area (Å²) in [4.78, 5) is -0.356. The van der Waals surface area contributed by atoms with Crippen LogP contribution in [0.5, 0.6) is 0 Å². The second-order valence-electron chi connectivity index (χ2n) is 4.22. The van der Waals surface area contributed by atoms with Crippen LogP contribution in [-0.2, 0) is 10.0 Å². The third-order valence-electron chi connectivity index (χ3n) is 2.84. The molecule has 1 saturated heterocycles. The second-order valence-corrected chi connectivity index (χ2v) is 6.34. The van der Waals surface area contributed by atoms with E-state index in [0.717, 1.165) is 19.2 Å². The molecule has 4 nitrogen and oxygen atoms in total. The van der Waals surface area contributed by atoms with Crippen molar-refractivity contribution in [2.45, 2.75) is 23.8 Å². The minimum Gasteiger partial charge on any atom is -0.317 e. The van der Waals surface area contributed by atoms with Crippen LogP contribution in [0.25, 0.3) is 0 Å². The first-order chi connectivity index (χ1) is 8.49. The average molecular weight is 293 g/mol. The summed E-state index contributed by atoms with van der Waals surface area (Å²) in [5.41, 5.74) is 0. The van der Waals surface area contributed by atoms with Crippen molar-refractivity contribution in [3.05, 3.63) is 29.0 Å². The van der Waals surface area contributed by atoms with Gasteiger partial charge in [0.2, 0.25) is 10.0 Å². The van der Waals surface area contributed by atoms with Crippen molar-refractivity contribution in [2.75, 3.05) is 13.1 Å². The van der Waals surface area contributed by atoms with E-state index in [1.807, 2.05) is 0 Å². The summed E-state index contributed by atoms with van der Waals surface area (Å²) >= 11 is 5.60. The molecule has 1 aromatic rings. The molecule has 0 bridgehead atoms. The highest BCUT2D eigenvalue weighted by Gasteiger charge is 2.24. The molecule has 1 fully saturated rings. The van der Waals surface area contributed by atoms with Gasteiger partial charge in [0.15, 0.2) is 0 Å². The van der Waals surface area contributed by atoms with E-state index < -0.39 is 15.8 Å². The van der Waals surface area contributed by atoms with Crippen molar-refractivity contribution in [1.29, 1.82) is 0 Å². The number of nitrogens with one attached hydrogen (secondary N) is 2. The van der Waals surface area contributed by atoms with Crippen LogP contribution >= 0.6 is 11.6 Å². The van der Waals surface area contributed by atoms with Gasteiger partial charge in [-0.25, -0.2) is 17.5 Å². The van der Waals surface area contributed by atoms with Crippen LogP contribution in [0.15, 0.2) is 23.1 Å². The maximum absolute atomic E-state index is 13.6. The highest BCUT2D eigenvalue weighted by molar-refractivity contribution is 7.89. The predicted molar refractivity (Wildman–Crippen MR) is 67.6 cm³/mol. The third-order valence-corrected chi connectivity index (χ3v) is 4.63. The first-order valence-corrected chi connectivity index (χ1v) is 7.53. The molecule has 1 aromatic carbocycles. The molecular weight excluding hydrogens is 279 g/mol. The van der Waals surface area contributed by atoms with Gasteiger partial charge in [-0.05, 0) is 44.1 Å². The van der Waals surface area contributed by atoms with Crippen molar-refractivity contribution >= 4 is 21.6 Å². The molecule has 0 spiro atoms. The normalized spacial score (nSPS) is 17.9. The first kappa shape index (κ1) is 13.7. The van der Waals surface area contributed by atoms with Crippen LogP contribution < -0.4 is 10.0 Å². The Morgan fingerprint density at radius 1 is 1.33 bits per heavy atom. The van der Waals surface area contributed by atoms with Crippen LogP contribution in [0.3, 0.4) is 0 Å². The summed E-state index contributed by atoms with van der Waals surface area (Å²) in [6, 6.07) is 3.40. The van der Waals surface area contributed by atoms with E-state index in [1.54, 1.807) is 0 Å². The Morgan fingerprint density at radius 3 is 2.61 bits per heavy atom. The number of halogens is 2. The van der Waals surface area contributed by atoms with Crippen molar-refractivity contribution in [3.8, 4) is 0 Å². The van der Waals surface area contributed by atoms with Crippen LogP contribution in [0.4, 0.5) is 4.39 Å². The smallest absolute Gasteiger partial charge is 0.243 e. The Hall–Kier alpha value is -0.690. The molecule has 0 amide bonds. The number of hydrogen-bond acceptors (Lipinski definition) is 3. The molecule has 0 aliphatic carbocycles. The quantitative estimate of drug-likeness (QED) is 0.888. The number of benzene rings is 1. The van der Waals surface area contributed by atoms with Crippen molar-refractivity contribution in [3.63, 3.8) is 0 Å². The van der Waals surface area contributed by atoms with E-state index in [-0.39, 0.29) is 16.0 Å². The molecule has 2 N–H and O–H groups in total. The van der Waals surface area contributed by atoms with E-state index >= 15 is 0 Å². The maximum atomic E-state index is 13.6. The van der Waals surface area contributed by atoms with E-state index in [1.165, 1.54) is 12.1 Å². The second kappa shape index (κ2) is 5.52. The minimum atomic E-state index is -3.82. The van der Waals surface area contributed by atoms with Gasteiger partial charge in [0.05, 0.1) is 0 Å². The molecule has 18 heavy (non-hydrogen) atoms. The number of piperidine rings is 1. The van der Waals surface area contributed by atoms with E-state index in [2.05, 4.69) is 10.0 Å². The van der Waals surface area contributed by atoms with Gasteiger partial charge < -0.3 is 5.32 Å². The minimum absolute atomic E-state index is 0.147. The van der Waals surface area contributed by atoms with Crippen molar-refractivity contribution in [1.82, 2.24) is 10.0 Å². The van der Waals surface area contributed by atoms with Gasteiger partial charge in [0.25, 0.3) is 0 Å². The number of rotatable bonds is 3. The number of sulfonamides is 1. The summed E-state index contributed by atoms with van der Waals surface area (Å²) in [7, 11) is -3.82. The third kappa shape index (κ3) is 3.20. The molecule has 100 valence electrons. The van der Waals surface area contributed by atoms with Gasteiger partial charge in [0, 0.05) is 11.1 Å². The molecule has 0 radical (unpaired) electrons. The van der Waals surface area contributed by atoms with Gasteiger partial charge in [-0.2, -0.15) is 0 Å². The fourth-order valence-electron chi connectivity index (χ4n) is 1.92. The van der Waals surface area contributed by atoms with Gasteiger partial charge in [-0.15, -0.1) is 0 Å². The van der Waals surface area contributed by atoms with Crippen LogP contribution in [0.2, 0.25) is 5.02 Å². The van der Waals surface area contributed by atoms with Crippen LogP contribution in [-0.4, -0.2) is 27.5 Å². The fraction of sp³-hybridized carbons (Fsp3) is 0.455. The zero-order chi connectivity index (χ0) is 13.2. The Morgan fingerprint density at radius 2 is 2.00 bits per heavy atom. The van der Waals surface area contributed by atoms with Crippen molar-refractivity contribution in [2.24, 2.45) is 0 Å². The van der Waals surface area contributed by atoms with Crippen molar-refractivity contribution < 1.29 is 12.8 Å². The average Bonchev–Trinajstić information content (AvgIpc) is 2.29. The molecule has 1 heterocycles. The Bertz CT molecular complexity index is 530. The molecule has 1 aliphatic rings. The Balaban J connectivity index is 2.19. The zero-order valence-corrected chi connectivity index (χ0v) is 11.2. The van der Waals surface area contributed by atoms with Crippen LogP contribution in [0.1, 0.15) is 12.8 Å². The Kier molecular flexibility index (Phi) is 4.21. The molecule has 7 heteroatoms. The van der Waals surface area contributed by atoms with Gasteiger partial charge in [-0.1, -0.05) is 11.6 Å². The van der Waals surface area contributed by atoms with Gasteiger partial charge in [0.1, 0.15) is 10.7 Å². The molecule has 0 aromatic heterocycles. The zero-order valence-electron chi connectivity index (χ0n) is 9.62. The summed E-state index contributed by atoms with van der Waals surface area (Å²) in [5.74, 6) is -0.830. The lowest BCUT2D eigenvalue weighted by Gasteiger charge is -2.23. The maximum Gasteiger partial charge on any atom is 0.243 e. The molecule has 0 atom stereocenters. The largest absolute Gasteiger partial charge is 0.317 e. The standard InChI is InChI=1S/C11H14ClFN2O2S/c12-8-1-2-11(10(13)7-8)18(16,17)15-9-3-5-14-6-4-9/h1-2,7,9,14-15H,3-6H2. The number of hydrogen-bond donors (Lipinski definition) is 2. The topological polar surface area (TPSA) is 58.2 Å². The summed E-state index contributed by atoms with van der Waals surface area (Å²) in [6.07, 6.45) is 1.41. The molecule has 1 aliphatic heterocycles. The summed E-state index contributed by atoms with van der Waals surface area (Å²) in [5, 5.41) is 3.31. The lowest BCUT2D eigenvalue weighted by molar-refractivity contribution is 0.426. The van der Waals surface area contributed by atoms with Gasteiger partial charge in [-0.3, -0.25) is 0 Å². The summed E-state index contributed by atoms with van der Waals surface area (Å²) in [6.45, 7) is 1.52. The first-order valence-electron chi connectivity index (χ1n) is 5.67. The van der Waals surface area contributed by atoms with E-state index in [4.69, 9.17) is 11.6 Å². The molecule has 0 unspecified atom stereocenters. The molecular formula is C11H14ClFN2O2S. The van der Waals surface area contributed by atoms with E-state index in [9.17, 15) is 12.8 Å². The fourth-order valence-corrected chi connectivity index (χ4v) is 3.44. The van der Waals surface area contributed by atoms with Crippen LogP contribution in [0, 0.1) is 5.82 Å². The SMILES string of the molecule is O=S(=O)(NC1CCNCC1)c1ccc(Cl)cc1F. The predicted octanol–water partition coefficient (Wildman–Crippen LogP) is 1.51. The van der Waals surface area contributed by atoms with E-state index in [0.29, 0.717) is 12.8 Å². The Labute approximate surface area is 111 Å². The highest BCUT2D eigenvalue weighted by Crippen LogP contribution is 2.19. The lowest BCUT2D eigenvalue weighted by atomic mass is 10.1. The molecule has 0 saturated carbocycles. The molecule has 2 rings (SSSR count). The monoisotopic (exact) mass is 292 g/mol. The van der Waals surface area contributed by atoms with Gasteiger partial charge >= 0.3 is 0 Å². The highest BCUT2D eigenvalue weighted by atomic mass is 35.5.